The summed E-state index contributed by atoms with van der Waals surface area (Å²) in [6.45, 7) is 3.47. The second-order valence-electron chi connectivity index (χ2n) is 6.85. The average molecular weight is 465 g/mol. The van der Waals surface area contributed by atoms with Gasteiger partial charge in [-0.1, -0.05) is 12.1 Å². The summed E-state index contributed by atoms with van der Waals surface area (Å²) in [6.07, 6.45) is 0. The van der Waals surface area contributed by atoms with Gasteiger partial charge in [0.1, 0.15) is 11.6 Å². The first-order valence-corrected chi connectivity index (χ1v) is 12.0. The van der Waals surface area contributed by atoms with Gasteiger partial charge in [0.05, 0.1) is 28.3 Å². The van der Waals surface area contributed by atoms with Crippen molar-refractivity contribution >= 4 is 31.4 Å². The second kappa shape index (κ2) is 8.56. The Labute approximate surface area is 181 Å². The summed E-state index contributed by atoms with van der Waals surface area (Å²) in [6, 6.07) is 13.6. The predicted octanol–water partition coefficient (Wildman–Crippen LogP) is 4.05. The Kier molecular flexibility index (Phi) is 6.23. The summed E-state index contributed by atoms with van der Waals surface area (Å²) in [5.74, 6) is -0.389. The molecule has 0 aliphatic heterocycles. The van der Waals surface area contributed by atoms with Gasteiger partial charge >= 0.3 is 0 Å². The molecule has 0 unspecified atom stereocenters. The third-order valence-corrected chi connectivity index (χ3v) is 7.36. The van der Waals surface area contributed by atoms with Crippen LogP contribution in [-0.2, 0) is 20.0 Å². The van der Waals surface area contributed by atoms with E-state index >= 15 is 0 Å². The Balaban J connectivity index is 1.95. The highest BCUT2D eigenvalue weighted by atomic mass is 32.2. The Hall–Kier alpha value is -3.11. The lowest BCUT2D eigenvalue weighted by Gasteiger charge is -2.15. The Morgan fingerprint density at radius 3 is 2.13 bits per heavy atom. The topological polar surface area (TPSA) is 102 Å². The van der Waals surface area contributed by atoms with Crippen LogP contribution in [-0.4, -0.2) is 23.9 Å². The zero-order valence-electron chi connectivity index (χ0n) is 17.0. The highest BCUT2D eigenvalue weighted by molar-refractivity contribution is 7.93. The van der Waals surface area contributed by atoms with E-state index in [0.717, 1.165) is 29.8 Å². The summed E-state index contributed by atoms with van der Waals surface area (Å²) >= 11 is 0. The maximum atomic E-state index is 13.1. The van der Waals surface area contributed by atoms with Crippen LogP contribution < -0.4 is 14.2 Å². The predicted molar refractivity (Wildman–Crippen MR) is 117 cm³/mol. The van der Waals surface area contributed by atoms with Gasteiger partial charge in [-0.25, -0.2) is 21.2 Å². The molecule has 0 heterocycles. The fraction of sp³-hybridized carbons (Fsp3) is 0.143. The van der Waals surface area contributed by atoms with Crippen molar-refractivity contribution in [1.82, 2.24) is 0 Å². The molecule has 10 heteroatoms. The molecule has 0 saturated heterocycles. The molecule has 0 spiro atoms. The van der Waals surface area contributed by atoms with Crippen molar-refractivity contribution in [3.63, 3.8) is 0 Å². The first-order valence-electron chi connectivity index (χ1n) is 9.08. The van der Waals surface area contributed by atoms with Gasteiger partial charge in [0.15, 0.2) is 0 Å². The smallest absolute Gasteiger partial charge is 0.262 e. The Morgan fingerprint density at radius 1 is 0.806 bits per heavy atom. The van der Waals surface area contributed by atoms with E-state index in [2.05, 4.69) is 9.44 Å². The minimum atomic E-state index is -4.06. The number of anilines is 2. The molecule has 0 aliphatic rings. The van der Waals surface area contributed by atoms with Crippen LogP contribution >= 0.6 is 0 Å². The normalized spacial score (nSPS) is 11.7. The SMILES string of the molecule is COc1ccc(NS(=O)(=O)c2cc(C)ccc2C)cc1NS(=O)(=O)c1ccc(F)cc1. The van der Waals surface area contributed by atoms with Crippen molar-refractivity contribution in [2.75, 3.05) is 16.6 Å². The summed E-state index contributed by atoms with van der Waals surface area (Å²) < 4.78 is 74.2. The number of ether oxygens (including phenoxy) is 1. The molecule has 0 atom stereocenters. The number of halogens is 1. The van der Waals surface area contributed by atoms with E-state index in [1.807, 2.05) is 6.07 Å². The minimum Gasteiger partial charge on any atom is -0.495 e. The minimum absolute atomic E-state index is 0.0213. The fourth-order valence-electron chi connectivity index (χ4n) is 2.88. The molecule has 0 saturated carbocycles. The van der Waals surface area contributed by atoms with Crippen LogP contribution in [0.25, 0.3) is 0 Å². The Morgan fingerprint density at radius 2 is 1.48 bits per heavy atom. The molecule has 0 aromatic heterocycles. The van der Waals surface area contributed by atoms with Crippen molar-refractivity contribution in [1.29, 1.82) is 0 Å². The number of benzene rings is 3. The Bertz CT molecular complexity index is 1320. The van der Waals surface area contributed by atoms with E-state index < -0.39 is 25.9 Å². The molecule has 3 rings (SSSR count). The van der Waals surface area contributed by atoms with Crippen molar-refractivity contribution in [2.45, 2.75) is 23.6 Å². The van der Waals surface area contributed by atoms with Gasteiger partial charge in [-0.2, -0.15) is 0 Å². The highest BCUT2D eigenvalue weighted by Gasteiger charge is 2.20. The average Bonchev–Trinajstić information content (AvgIpc) is 2.69. The van der Waals surface area contributed by atoms with Crippen LogP contribution in [0.15, 0.2) is 70.5 Å². The van der Waals surface area contributed by atoms with E-state index in [9.17, 15) is 21.2 Å². The molecule has 3 aromatic carbocycles. The van der Waals surface area contributed by atoms with Gasteiger partial charge in [0, 0.05) is 0 Å². The molecule has 0 bridgehead atoms. The molecule has 0 fully saturated rings. The standard InChI is InChI=1S/C21H21FN2O5S2/c1-14-4-5-15(2)21(12-14)31(27,28)23-17-8-11-20(29-3)19(13-17)24-30(25,26)18-9-6-16(22)7-10-18/h4-13,23-24H,1-3H3. The van der Waals surface area contributed by atoms with E-state index in [1.54, 1.807) is 26.0 Å². The van der Waals surface area contributed by atoms with E-state index in [0.29, 0.717) is 5.56 Å². The van der Waals surface area contributed by atoms with Gasteiger partial charge in [-0.3, -0.25) is 9.44 Å². The number of sulfonamides is 2. The maximum absolute atomic E-state index is 13.1. The largest absolute Gasteiger partial charge is 0.495 e. The maximum Gasteiger partial charge on any atom is 0.262 e. The zero-order chi connectivity index (χ0) is 22.8. The molecule has 164 valence electrons. The van der Waals surface area contributed by atoms with Crippen LogP contribution in [0, 0.1) is 19.7 Å². The monoisotopic (exact) mass is 464 g/mol. The lowest BCUT2D eigenvalue weighted by atomic mass is 10.2. The summed E-state index contributed by atoms with van der Waals surface area (Å²) in [5.41, 5.74) is 1.52. The number of aryl methyl sites for hydroxylation is 2. The number of methoxy groups -OCH3 is 1. The lowest BCUT2D eigenvalue weighted by molar-refractivity contribution is 0.417. The third-order valence-electron chi connectivity index (χ3n) is 4.45. The molecule has 2 N–H and O–H groups in total. The highest BCUT2D eigenvalue weighted by Crippen LogP contribution is 2.31. The molecule has 0 aliphatic carbocycles. The van der Waals surface area contributed by atoms with Gasteiger partial charge in [0.2, 0.25) is 0 Å². The van der Waals surface area contributed by atoms with Crippen LogP contribution in [0.1, 0.15) is 11.1 Å². The second-order valence-corrected chi connectivity index (χ2v) is 10.2. The first-order chi connectivity index (χ1) is 14.5. The van der Waals surface area contributed by atoms with Gasteiger partial charge in [-0.05, 0) is 73.5 Å². The zero-order valence-corrected chi connectivity index (χ0v) is 18.6. The van der Waals surface area contributed by atoms with Crippen molar-refractivity contribution < 1.29 is 26.0 Å². The van der Waals surface area contributed by atoms with Gasteiger partial charge < -0.3 is 4.74 Å². The summed E-state index contributed by atoms with van der Waals surface area (Å²) in [5, 5.41) is 0. The molecule has 31 heavy (non-hydrogen) atoms. The quantitative estimate of drug-likeness (QED) is 0.549. The number of rotatable bonds is 7. The van der Waals surface area contributed by atoms with Crippen LogP contribution in [0.4, 0.5) is 15.8 Å². The van der Waals surface area contributed by atoms with Crippen LogP contribution in [0.3, 0.4) is 0 Å². The van der Waals surface area contributed by atoms with Crippen LogP contribution in [0.2, 0.25) is 0 Å². The van der Waals surface area contributed by atoms with E-state index in [-0.39, 0.29) is 26.9 Å². The molecule has 0 radical (unpaired) electrons. The molecular weight excluding hydrogens is 443 g/mol. The van der Waals surface area contributed by atoms with E-state index in [4.69, 9.17) is 4.74 Å². The van der Waals surface area contributed by atoms with Crippen molar-refractivity contribution in [3.05, 3.63) is 77.6 Å². The molecule has 0 amide bonds. The third kappa shape index (κ3) is 5.15. The fourth-order valence-corrected chi connectivity index (χ4v) is 5.32. The lowest BCUT2D eigenvalue weighted by Crippen LogP contribution is -2.16. The summed E-state index contributed by atoms with van der Waals surface area (Å²) in [7, 11) is -6.62. The van der Waals surface area contributed by atoms with Gasteiger partial charge in [-0.15, -0.1) is 0 Å². The number of hydrogen-bond acceptors (Lipinski definition) is 5. The molecular formula is C21H21FN2O5S2. The first kappa shape index (κ1) is 22.6. The summed E-state index contributed by atoms with van der Waals surface area (Å²) in [4.78, 5) is -0.0333. The van der Waals surface area contributed by atoms with E-state index in [1.165, 1.54) is 25.3 Å². The number of nitrogens with one attached hydrogen (secondary N) is 2. The number of hydrogen-bond donors (Lipinski definition) is 2. The van der Waals surface area contributed by atoms with Crippen molar-refractivity contribution in [2.24, 2.45) is 0 Å². The van der Waals surface area contributed by atoms with Crippen LogP contribution in [0.5, 0.6) is 5.75 Å². The van der Waals surface area contributed by atoms with Gasteiger partial charge in [0.25, 0.3) is 20.0 Å². The molecule has 3 aromatic rings. The molecule has 7 nitrogen and oxygen atoms in total. The van der Waals surface area contributed by atoms with Crippen molar-refractivity contribution in [3.8, 4) is 5.75 Å².